The fourth-order valence-electron chi connectivity index (χ4n) is 2.56. The first-order valence-electron chi connectivity index (χ1n) is 8.30. The molecule has 2 N–H and O–H groups in total. The molecule has 0 bridgehead atoms. The summed E-state index contributed by atoms with van der Waals surface area (Å²) in [4.78, 5) is 17.9. The summed E-state index contributed by atoms with van der Waals surface area (Å²) in [6.45, 7) is 0.210. The van der Waals surface area contributed by atoms with Crippen LogP contribution >= 0.6 is 22.7 Å². The van der Waals surface area contributed by atoms with E-state index in [0.29, 0.717) is 5.13 Å². The van der Waals surface area contributed by atoms with E-state index >= 15 is 0 Å². The molecular weight excluding hydrogens is 414 g/mol. The van der Waals surface area contributed by atoms with E-state index in [9.17, 15) is 13.2 Å². The number of sulfonamides is 1. The SMILES string of the molecule is O=C(Nc1nc2ccccc2s1)c1cccc(S(=O)(=O)NCc2cccs2)c1. The first-order valence-corrected chi connectivity index (χ1v) is 11.5. The van der Waals surface area contributed by atoms with Gasteiger partial charge in [-0.3, -0.25) is 10.1 Å². The number of hydrogen-bond donors (Lipinski definition) is 2. The maximum Gasteiger partial charge on any atom is 0.257 e. The number of thiophene rings is 1. The summed E-state index contributed by atoms with van der Waals surface area (Å²) in [6, 6.07) is 17.2. The van der Waals surface area contributed by atoms with Crippen molar-refractivity contribution in [2.45, 2.75) is 11.4 Å². The normalized spacial score (nSPS) is 11.6. The Kier molecular flexibility index (Phi) is 5.23. The first-order chi connectivity index (χ1) is 13.5. The van der Waals surface area contributed by atoms with Gasteiger partial charge in [-0.2, -0.15) is 0 Å². The molecule has 0 atom stereocenters. The molecule has 2 heterocycles. The molecule has 0 aliphatic rings. The number of para-hydroxylation sites is 1. The van der Waals surface area contributed by atoms with E-state index in [0.717, 1.165) is 15.1 Å². The molecule has 142 valence electrons. The zero-order valence-corrected chi connectivity index (χ0v) is 16.9. The highest BCUT2D eigenvalue weighted by molar-refractivity contribution is 7.89. The highest BCUT2D eigenvalue weighted by atomic mass is 32.2. The average Bonchev–Trinajstić information content (AvgIpc) is 3.35. The first kappa shape index (κ1) is 18.8. The van der Waals surface area contributed by atoms with E-state index in [1.165, 1.54) is 34.8 Å². The van der Waals surface area contributed by atoms with Gasteiger partial charge in [0.15, 0.2) is 5.13 Å². The second-order valence-corrected chi connectivity index (χ2v) is 9.70. The van der Waals surface area contributed by atoms with Crippen LogP contribution in [-0.4, -0.2) is 19.3 Å². The summed E-state index contributed by atoms with van der Waals surface area (Å²) in [6.07, 6.45) is 0. The lowest BCUT2D eigenvalue weighted by Crippen LogP contribution is -2.23. The van der Waals surface area contributed by atoms with Crippen molar-refractivity contribution in [3.63, 3.8) is 0 Å². The zero-order chi connectivity index (χ0) is 19.6. The van der Waals surface area contributed by atoms with Crippen molar-refractivity contribution in [2.75, 3.05) is 5.32 Å². The molecule has 0 unspecified atom stereocenters. The Hall–Kier alpha value is -2.59. The Morgan fingerprint density at radius 2 is 1.89 bits per heavy atom. The molecule has 0 aliphatic carbocycles. The molecule has 1 amide bonds. The van der Waals surface area contributed by atoms with Gasteiger partial charge in [0.05, 0.1) is 15.1 Å². The molecule has 28 heavy (non-hydrogen) atoms. The minimum absolute atomic E-state index is 0.0426. The molecule has 4 rings (SSSR count). The summed E-state index contributed by atoms with van der Waals surface area (Å²) in [7, 11) is -3.72. The minimum Gasteiger partial charge on any atom is -0.298 e. The monoisotopic (exact) mass is 429 g/mol. The molecule has 0 saturated carbocycles. The maximum atomic E-state index is 12.6. The van der Waals surface area contributed by atoms with Crippen LogP contribution < -0.4 is 10.0 Å². The third kappa shape index (κ3) is 4.12. The van der Waals surface area contributed by atoms with Crippen molar-refractivity contribution in [1.82, 2.24) is 9.71 Å². The van der Waals surface area contributed by atoms with Crippen LogP contribution in [0.2, 0.25) is 0 Å². The number of carbonyl (C=O) groups excluding carboxylic acids is 1. The molecule has 2 aromatic heterocycles. The van der Waals surface area contributed by atoms with Gasteiger partial charge in [0.2, 0.25) is 10.0 Å². The van der Waals surface area contributed by atoms with Gasteiger partial charge >= 0.3 is 0 Å². The highest BCUT2D eigenvalue weighted by Crippen LogP contribution is 2.26. The lowest BCUT2D eigenvalue weighted by atomic mass is 10.2. The summed E-state index contributed by atoms with van der Waals surface area (Å²) in [5.41, 5.74) is 1.05. The van der Waals surface area contributed by atoms with E-state index in [-0.39, 0.29) is 17.0 Å². The largest absolute Gasteiger partial charge is 0.298 e. The molecule has 6 nitrogen and oxygen atoms in total. The fourth-order valence-corrected chi connectivity index (χ4v) is 5.21. The van der Waals surface area contributed by atoms with Crippen molar-refractivity contribution < 1.29 is 13.2 Å². The average molecular weight is 430 g/mol. The number of amides is 1. The molecule has 4 aromatic rings. The third-order valence-corrected chi connectivity index (χ3v) is 7.16. The molecule has 0 radical (unpaired) electrons. The number of benzene rings is 2. The lowest BCUT2D eigenvalue weighted by Gasteiger charge is -2.07. The van der Waals surface area contributed by atoms with Gasteiger partial charge in [-0.05, 0) is 41.8 Å². The molecule has 0 saturated heterocycles. The molecular formula is C19H15N3O3S3. The standard InChI is InChI=1S/C19H15N3O3S3/c23-18(22-19-21-16-8-1-2-9-17(16)27-19)13-5-3-7-15(11-13)28(24,25)20-12-14-6-4-10-26-14/h1-11,20H,12H2,(H,21,22,23). The Bertz CT molecular complexity index is 1200. The van der Waals surface area contributed by atoms with E-state index in [1.54, 1.807) is 12.1 Å². The zero-order valence-electron chi connectivity index (χ0n) is 14.5. The number of rotatable bonds is 6. The van der Waals surface area contributed by atoms with E-state index in [4.69, 9.17) is 0 Å². The van der Waals surface area contributed by atoms with Gasteiger partial charge in [0.25, 0.3) is 5.91 Å². The second-order valence-electron chi connectivity index (χ2n) is 5.87. The van der Waals surface area contributed by atoms with Gasteiger partial charge in [-0.15, -0.1) is 11.3 Å². The topological polar surface area (TPSA) is 88.2 Å². The van der Waals surface area contributed by atoms with E-state index in [2.05, 4.69) is 15.0 Å². The van der Waals surface area contributed by atoms with Crippen LogP contribution in [0.5, 0.6) is 0 Å². The number of nitrogens with zero attached hydrogens (tertiary/aromatic N) is 1. The van der Waals surface area contributed by atoms with Crippen LogP contribution in [-0.2, 0) is 16.6 Å². The molecule has 9 heteroatoms. The summed E-state index contributed by atoms with van der Waals surface area (Å²) < 4.78 is 28.6. The summed E-state index contributed by atoms with van der Waals surface area (Å²) >= 11 is 2.84. The number of carbonyl (C=O) groups is 1. The minimum atomic E-state index is -3.72. The Morgan fingerprint density at radius 1 is 1.04 bits per heavy atom. The van der Waals surface area contributed by atoms with Crippen molar-refractivity contribution in [2.24, 2.45) is 0 Å². The number of fused-ring (bicyclic) bond motifs is 1. The van der Waals surface area contributed by atoms with Gasteiger partial charge < -0.3 is 0 Å². The van der Waals surface area contributed by atoms with Crippen LogP contribution in [0.25, 0.3) is 10.2 Å². The number of nitrogens with one attached hydrogen (secondary N) is 2. The highest BCUT2D eigenvalue weighted by Gasteiger charge is 2.17. The van der Waals surface area contributed by atoms with Crippen molar-refractivity contribution >= 4 is 54.0 Å². The predicted molar refractivity (Wildman–Crippen MR) is 112 cm³/mol. The summed E-state index contributed by atoms with van der Waals surface area (Å²) in [5.74, 6) is -0.408. The molecule has 2 aromatic carbocycles. The van der Waals surface area contributed by atoms with Crippen molar-refractivity contribution in [3.05, 3.63) is 76.5 Å². The number of hydrogen-bond acceptors (Lipinski definition) is 6. The van der Waals surface area contributed by atoms with Crippen LogP contribution in [0, 0.1) is 0 Å². The van der Waals surface area contributed by atoms with Gasteiger partial charge in [-0.1, -0.05) is 35.6 Å². The van der Waals surface area contributed by atoms with Crippen LogP contribution in [0.1, 0.15) is 15.2 Å². The van der Waals surface area contributed by atoms with Crippen molar-refractivity contribution in [3.8, 4) is 0 Å². The van der Waals surface area contributed by atoms with Crippen molar-refractivity contribution in [1.29, 1.82) is 0 Å². The van der Waals surface area contributed by atoms with Crippen LogP contribution in [0.3, 0.4) is 0 Å². The molecule has 0 fully saturated rings. The smallest absolute Gasteiger partial charge is 0.257 e. The Morgan fingerprint density at radius 3 is 2.68 bits per heavy atom. The fraction of sp³-hybridized carbons (Fsp3) is 0.0526. The number of aromatic nitrogens is 1. The third-order valence-electron chi connectivity index (χ3n) is 3.94. The van der Waals surface area contributed by atoms with Gasteiger partial charge in [0, 0.05) is 17.0 Å². The van der Waals surface area contributed by atoms with Crippen LogP contribution in [0.15, 0.2) is 70.9 Å². The van der Waals surface area contributed by atoms with Gasteiger partial charge in [-0.25, -0.2) is 18.1 Å². The maximum absolute atomic E-state index is 12.6. The Labute approximate surface area is 169 Å². The predicted octanol–water partition coefficient (Wildman–Crippen LogP) is 4.09. The molecule has 0 spiro atoms. The molecule has 0 aliphatic heterocycles. The van der Waals surface area contributed by atoms with Crippen LogP contribution in [0.4, 0.5) is 5.13 Å². The number of anilines is 1. The summed E-state index contributed by atoms with van der Waals surface area (Å²) in [5, 5.41) is 5.09. The van der Waals surface area contributed by atoms with Gasteiger partial charge in [0.1, 0.15) is 0 Å². The lowest BCUT2D eigenvalue weighted by molar-refractivity contribution is 0.102. The Balaban J connectivity index is 1.51. The number of thiazole rings is 1. The quantitative estimate of drug-likeness (QED) is 0.483. The van der Waals surface area contributed by atoms with E-state index < -0.39 is 15.9 Å². The second kappa shape index (κ2) is 7.80. The van der Waals surface area contributed by atoms with E-state index in [1.807, 2.05) is 41.8 Å².